The van der Waals surface area contributed by atoms with Gasteiger partial charge in [0.1, 0.15) is 0 Å². The fourth-order valence-electron chi connectivity index (χ4n) is 0.397. The second kappa shape index (κ2) is 2.33. The van der Waals surface area contributed by atoms with E-state index in [1.54, 1.807) is 0 Å². The smallest absolute Gasteiger partial charge is 0.0877 e. The predicted molar refractivity (Wildman–Crippen MR) is 28.4 cm³/mol. The Balaban J connectivity index is 2.26. The van der Waals surface area contributed by atoms with Crippen LogP contribution < -0.4 is 0 Å². The highest BCUT2D eigenvalue weighted by Crippen LogP contribution is 2.01. The second-order valence-corrected chi connectivity index (χ2v) is 2.18. The molecular formula is C4H7OP. The molecule has 0 N–H and O–H groups in total. The number of hydrogen-bond donors (Lipinski definition) is 0. The molecule has 1 nitrogen and oxygen atoms in total. The summed E-state index contributed by atoms with van der Waals surface area (Å²) in [5, 5.41) is 0. The summed E-state index contributed by atoms with van der Waals surface area (Å²) in [7, 11) is 1.35. The van der Waals surface area contributed by atoms with Crippen molar-refractivity contribution >= 4 is 14.0 Å². The highest BCUT2D eigenvalue weighted by Gasteiger charge is 1.86. The summed E-state index contributed by atoms with van der Waals surface area (Å²) in [5.41, 5.74) is 0. The van der Waals surface area contributed by atoms with E-state index in [9.17, 15) is 0 Å². The molecule has 1 aliphatic rings. The fraction of sp³-hybridized carbons (Fsp3) is 0.750. The Morgan fingerprint density at radius 3 is 2.83 bits per heavy atom. The third-order valence-electron chi connectivity index (χ3n) is 0.686. The van der Waals surface area contributed by atoms with Gasteiger partial charge in [-0.3, -0.25) is 0 Å². The molecule has 0 bridgehead atoms. The number of hydrogen-bond acceptors (Lipinski definition) is 1. The Bertz CT molecular complexity index is 52.6. The molecule has 1 aliphatic heterocycles. The van der Waals surface area contributed by atoms with Crippen molar-refractivity contribution < 1.29 is 4.74 Å². The zero-order chi connectivity index (χ0) is 4.24. The van der Waals surface area contributed by atoms with Crippen LogP contribution in [0.1, 0.15) is 6.42 Å². The number of rotatable bonds is 0. The van der Waals surface area contributed by atoms with Crippen LogP contribution in [0.15, 0.2) is 0 Å². The van der Waals surface area contributed by atoms with Crippen molar-refractivity contribution in [2.45, 2.75) is 6.42 Å². The van der Waals surface area contributed by atoms with Crippen LogP contribution in [-0.2, 0) is 4.74 Å². The van der Waals surface area contributed by atoms with Gasteiger partial charge in [0.2, 0.25) is 0 Å². The van der Waals surface area contributed by atoms with Crippen LogP contribution in [0.3, 0.4) is 0 Å². The molecule has 1 heterocycles. The van der Waals surface area contributed by atoms with Crippen LogP contribution in [0.2, 0.25) is 0 Å². The second-order valence-electron chi connectivity index (χ2n) is 1.19. The van der Waals surface area contributed by atoms with Crippen LogP contribution >= 0.6 is 8.20 Å². The van der Waals surface area contributed by atoms with Crippen molar-refractivity contribution in [2.75, 3.05) is 13.0 Å². The summed E-state index contributed by atoms with van der Waals surface area (Å²) in [6, 6.07) is 0. The van der Waals surface area contributed by atoms with Gasteiger partial charge >= 0.3 is 0 Å². The van der Waals surface area contributed by atoms with Crippen LogP contribution in [0, 0.1) is 0 Å². The Morgan fingerprint density at radius 2 is 2.67 bits per heavy atom. The van der Waals surface area contributed by atoms with E-state index in [2.05, 4.69) is 5.80 Å². The molecule has 2 heteroatoms. The fourth-order valence-corrected chi connectivity index (χ4v) is 1.03. The summed E-state index contributed by atoms with van der Waals surface area (Å²) < 4.78 is 5.03. The molecule has 0 saturated heterocycles. The average Bonchev–Trinajstić information content (AvgIpc) is 1.72. The zero-order valence-electron chi connectivity index (χ0n) is 3.55. The molecule has 0 aromatic heterocycles. The highest BCUT2D eigenvalue weighted by molar-refractivity contribution is 7.38. The molecule has 34 valence electrons. The molecule has 6 heavy (non-hydrogen) atoms. The van der Waals surface area contributed by atoms with E-state index >= 15 is 0 Å². The maximum atomic E-state index is 5.03. The van der Waals surface area contributed by atoms with E-state index < -0.39 is 0 Å². The van der Waals surface area contributed by atoms with Gasteiger partial charge in [0, 0.05) is 0 Å². The molecule has 1 rings (SSSR count). The third-order valence-corrected chi connectivity index (χ3v) is 1.53. The molecule has 0 unspecified atom stereocenters. The van der Waals surface area contributed by atoms with Crippen molar-refractivity contribution in [3.05, 3.63) is 0 Å². The van der Waals surface area contributed by atoms with E-state index in [1.165, 1.54) is 8.20 Å². The molecule has 0 spiro atoms. The van der Waals surface area contributed by atoms with Gasteiger partial charge in [-0.2, -0.15) is 0 Å². The van der Waals surface area contributed by atoms with E-state index in [0.29, 0.717) is 0 Å². The average molecular weight is 102 g/mol. The first-order valence-corrected chi connectivity index (χ1v) is 3.21. The largest absolute Gasteiger partial charge is 0.372 e. The lowest BCUT2D eigenvalue weighted by atomic mass is 10.5. The first-order chi connectivity index (χ1) is 3.00. The summed E-state index contributed by atoms with van der Waals surface area (Å²) in [4.78, 5) is 0. The molecule has 0 saturated carbocycles. The SMILES string of the molecule is C1=PCOCC1. The molecular weight excluding hydrogens is 95.0 g/mol. The molecule has 0 amide bonds. The van der Waals surface area contributed by atoms with Crippen LogP contribution in [-0.4, -0.2) is 18.8 Å². The summed E-state index contributed by atoms with van der Waals surface area (Å²) in [6.45, 7) is 0.938. The van der Waals surface area contributed by atoms with Crippen molar-refractivity contribution in [2.24, 2.45) is 0 Å². The van der Waals surface area contributed by atoms with Crippen LogP contribution in [0.4, 0.5) is 0 Å². The maximum absolute atomic E-state index is 5.03. The summed E-state index contributed by atoms with van der Waals surface area (Å²) in [5.74, 6) is 2.24. The normalized spacial score (nSPS) is 24.0. The summed E-state index contributed by atoms with van der Waals surface area (Å²) in [6.07, 6.45) is 2.06. The quantitative estimate of drug-likeness (QED) is 0.416. The van der Waals surface area contributed by atoms with Gasteiger partial charge < -0.3 is 4.74 Å². The van der Waals surface area contributed by atoms with Crippen LogP contribution in [0.25, 0.3) is 0 Å². The van der Waals surface area contributed by atoms with Crippen LogP contribution in [0.5, 0.6) is 0 Å². The van der Waals surface area contributed by atoms with Gasteiger partial charge in [0.25, 0.3) is 0 Å². The molecule has 0 fully saturated rings. The minimum Gasteiger partial charge on any atom is -0.372 e. The first-order valence-electron chi connectivity index (χ1n) is 2.06. The maximum Gasteiger partial charge on any atom is 0.0877 e. The van der Waals surface area contributed by atoms with Gasteiger partial charge in [0.15, 0.2) is 0 Å². The molecule has 0 radical (unpaired) electrons. The Morgan fingerprint density at radius 1 is 1.67 bits per heavy atom. The minimum atomic E-state index is 0.917. The van der Waals surface area contributed by atoms with Gasteiger partial charge in [0.05, 0.1) is 13.0 Å². The van der Waals surface area contributed by atoms with E-state index in [-0.39, 0.29) is 0 Å². The standard InChI is InChI=1S/C4H7OP/c1-2-5-4-6-3-1/h3H,1-2,4H2. The molecule has 0 atom stereocenters. The van der Waals surface area contributed by atoms with Crippen molar-refractivity contribution in [1.29, 1.82) is 0 Å². The minimum absolute atomic E-state index is 0.917. The molecule has 0 aliphatic carbocycles. The summed E-state index contributed by atoms with van der Waals surface area (Å²) >= 11 is 0. The lowest BCUT2D eigenvalue weighted by Crippen LogP contribution is -1.95. The zero-order valence-corrected chi connectivity index (χ0v) is 4.45. The number of ether oxygens (including phenoxy) is 1. The monoisotopic (exact) mass is 102 g/mol. The van der Waals surface area contributed by atoms with Crippen molar-refractivity contribution in [1.82, 2.24) is 0 Å². The highest BCUT2D eigenvalue weighted by atomic mass is 31.1. The molecule has 0 aromatic carbocycles. The van der Waals surface area contributed by atoms with E-state index in [0.717, 1.165) is 19.4 Å². The van der Waals surface area contributed by atoms with Gasteiger partial charge in [-0.1, -0.05) is 14.0 Å². The topological polar surface area (TPSA) is 9.23 Å². The Kier molecular flexibility index (Phi) is 1.67. The lowest BCUT2D eigenvalue weighted by molar-refractivity contribution is 0.189. The predicted octanol–water partition coefficient (Wildman–Crippen LogP) is 1.11. The Labute approximate surface area is 39.1 Å². The van der Waals surface area contributed by atoms with Crippen molar-refractivity contribution in [3.8, 4) is 0 Å². The lowest BCUT2D eigenvalue weighted by Gasteiger charge is -2.00. The van der Waals surface area contributed by atoms with Gasteiger partial charge in [-0.25, -0.2) is 0 Å². The van der Waals surface area contributed by atoms with E-state index in [4.69, 9.17) is 4.74 Å². The first kappa shape index (κ1) is 4.29. The third kappa shape index (κ3) is 1.08. The Hall–Kier alpha value is 0.130. The van der Waals surface area contributed by atoms with Crippen molar-refractivity contribution in [3.63, 3.8) is 0 Å². The van der Waals surface area contributed by atoms with Gasteiger partial charge in [-0.15, -0.1) is 0 Å². The van der Waals surface area contributed by atoms with E-state index in [1.807, 2.05) is 0 Å². The molecule has 0 aromatic rings. The van der Waals surface area contributed by atoms with Gasteiger partial charge in [-0.05, 0) is 6.42 Å².